The molecule has 2 rings (SSSR count). The summed E-state index contributed by atoms with van der Waals surface area (Å²) in [6.45, 7) is 2.48. The molecule has 18 heavy (non-hydrogen) atoms. The first-order valence-corrected chi connectivity index (χ1v) is 6.04. The monoisotopic (exact) mass is 246 g/mol. The van der Waals surface area contributed by atoms with Crippen molar-refractivity contribution in [2.75, 3.05) is 13.7 Å². The number of aliphatic hydroxyl groups excluding tert-OH is 1. The van der Waals surface area contributed by atoms with Crippen molar-refractivity contribution >= 4 is 16.8 Å². The molecule has 1 amide bonds. The summed E-state index contributed by atoms with van der Waals surface area (Å²) in [7, 11) is 1.76. The molecule has 4 heteroatoms. The van der Waals surface area contributed by atoms with E-state index in [9.17, 15) is 4.79 Å². The highest BCUT2D eigenvalue weighted by atomic mass is 16.3. The molecule has 0 bridgehead atoms. The molecule has 0 radical (unpaired) electrons. The van der Waals surface area contributed by atoms with Crippen LogP contribution in [-0.4, -0.2) is 34.6 Å². The van der Waals surface area contributed by atoms with Gasteiger partial charge in [-0.25, -0.2) is 0 Å². The van der Waals surface area contributed by atoms with Crippen LogP contribution in [0.2, 0.25) is 0 Å². The molecular formula is C14H18N2O2. The number of fused-ring (bicyclic) bond motifs is 1. The summed E-state index contributed by atoms with van der Waals surface area (Å²) < 4.78 is 0. The van der Waals surface area contributed by atoms with Crippen molar-refractivity contribution in [1.82, 2.24) is 9.88 Å². The van der Waals surface area contributed by atoms with E-state index in [4.69, 9.17) is 5.11 Å². The molecule has 0 aliphatic heterocycles. The highest BCUT2D eigenvalue weighted by Crippen LogP contribution is 2.23. The molecular weight excluding hydrogens is 228 g/mol. The molecule has 0 atom stereocenters. The normalized spacial score (nSPS) is 10.8. The van der Waals surface area contributed by atoms with Gasteiger partial charge in [0.2, 0.25) is 5.91 Å². The first-order chi connectivity index (χ1) is 8.63. The van der Waals surface area contributed by atoms with Gasteiger partial charge in [-0.3, -0.25) is 4.79 Å². The Morgan fingerprint density at radius 1 is 1.39 bits per heavy atom. The lowest BCUT2D eigenvalue weighted by Crippen LogP contribution is -2.26. The van der Waals surface area contributed by atoms with Crippen molar-refractivity contribution in [3.05, 3.63) is 35.5 Å². The molecule has 0 spiro atoms. The van der Waals surface area contributed by atoms with Crippen molar-refractivity contribution in [3.8, 4) is 0 Å². The van der Waals surface area contributed by atoms with Crippen LogP contribution in [0.4, 0.5) is 0 Å². The highest BCUT2D eigenvalue weighted by molar-refractivity contribution is 5.85. The third kappa shape index (κ3) is 2.38. The maximum Gasteiger partial charge on any atom is 0.224 e. The van der Waals surface area contributed by atoms with E-state index in [1.54, 1.807) is 11.9 Å². The van der Waals surface area contributed by atoms with E-state index in [0.29, 0.717) is 6.54 Å². The number of para-hydroxylation sites is 1. The third-order valence-corrected chi connectivity index (χ3v) is 3.17. The van der Waals surface area contributed by atoms with Crippen molar-refractivity contribution < 1.29 is 9.90 Å². The number of rotatable bonds is 4. The molecule has 96 valence electrons. The van der Waals surface area contributed by atoms with E-state index < -0.39 is 0 Å². The summed E-state index contributed by atoms with van der Waals surface area (Å²) in [6.07, 6.45) is 0.178. The fourth-order valence-corrected chi connectivity index (χ4v) is 2.15. The van der Waals surface area contributed by atoms with Gasteiger partial charge in [0.25, 0.3) is 0 Å². The number of carbonyl (C=O) groups excluding carboxylic acids is 1. The van der Waals surface area contributed by atoms with Crippen molar-refractivity contribution in [2.24, 2.45) is 0 Å². The Hall–Kier alpha value is -1.81. The predicted octanol–water partition coefficient (Wildman–Crippen LogP) is 1.82. The van der Waals surface area contributed by atoms with E-state index in [0.717, 1.165) is 22.2 Å². The van der Waals surface area contributed by atoms with Crippen molar-refractivity contribution in [1.29, 1.82) is 0 Å². The van der Waals surface area contributed by atoms with Gasteiger partial charge in [0.05, 0.1) is 6.61 Å². The van der Waals surface area contributed by atoms with Gasteiger partial charge in [-0.1, -0.05) is 18.2 Å². The molecule has 4 nitrogen and oxygen atoms in total. The van der Waals surface area contributed by atoms with E-state index in [2.05, 4.69) is 11.1 Å². The first kappa shape index (κ1) is 12.6. The average Bonchev–Trinajstić information content (AvgIpc) is 2.66. The summed E-state index contributed by atoms with van der Waals surface area (Å²) in [5.74, 6) is -0.0396. The Labute approximate surface area is 106 Å². The zero-order valence-corrected chi connectivity index (χ0v) is 10.7. The van der Waals surface area contributed by atoms with Gasteiger partial charge in [0, 0.05) is 36.6 Å². The Morgan fingerprint density at radius 2 is 2.11 bits per heavy atom. The van der Waals surface area contributed by atoms with Crippen LogP contribution >= 0.6 is 0 Å². The van der Waals surface area contributed by atoms with Gasteiger partial charge in [-0.05, 0) is 18.6 Å². The zero-order chi connectivity index (χ0) is 13.1. The largest absolute Gasteiger partial charge is 0.396 e. The maximum atomic E-state index is 11.7. The van der Waals surface area contributed by atoms with E-state index in [1.165, 1.54) is 0 Å². The number of aromatic nitrogens is 1. The number of nitrogens with one attached hydrogen (secondary N) is 1. The van der Waals surface area contributed by atoms with Crippen LogP contribution in [0.5, 0.6) is 0 Å². The van der Waals surface area contributed by atoms with E-state index >= 15 is 0 Å². The number of H-pyrrole nitrogens is 1. The standard InChI is InChI=1S/C14H18N2O2/c1-10-12(9-16(2)14(18)7-8-17)11-5-3-4-6-13(11)15-10/h3-6,15,17H,7-9H2,1-2H3. The lowest BCUT2D eigenvalue weighted by molar-refractivity contribution is -0.131. The van der Waals surface area contributed by atoms with Crippen LogP contribution in [0.1, 0.15) is 17.7 Å². The number of aromatic amines is 1. The first-order valence-electron chi connectivity index (χ1n) is 6.04. The minimum atomic E-state index is -0.101. The number of hydrogen-bond acceptors (Lipinski definition) is 2. The minimum absolute atomic E-state index is 0.0396. The number of benzene rings is 1. The number of amides is 1. The second-order valence-corrected chi connectivity index (χ2v) is 4.50. The number of aliphatic hydroxyl groups is 1. The Kier molecular flexibility index (Phi) is 3.67. The number of aryl methyl sites for hydroxylation is 1. The number of carbonyl (C=O) groups is 1. The topological polar surface area (TPSA) is 56.3 Å². The second-order valence-electron chi connectivity index (χ2n) is 4.50. The van der Waals surface area contributed by atoms with Gasteiger partial charge in [-0.2, -0.15) is 0 Å². The Morgan fingerprint density at radius 3 is 2.83 bits per heavy atom. The quantitative estimate of drug-likeness (QED) is 0.864. The molecule has 0 saturated carbocycles. The van der Waals surface area contributed by atoms with Crippen molar-refractivity contribution in [3.63, 3.8) is 0 Å². The minimum Gasteiger partial charge on any atom is -0.396 e. The summed E-state index contributed by atoms with van der Waals surface area (Å²) in [5, 5.41) is 9.94. The molecule has 1 heterocycles. The molecule has 0 aliphatic carbocycles. The second kappa shape index (κ2) is 5.23. The van der Waals surface area contributed by atoms with Gasteiger partial charge >= 0.3 is 0 Å². The summed E-state index contributed by atoms with van der Waals surface area (Å²) in [4.78, 5) is 16.6. The molecule has 2 aromatic rings. The SMILES string of the molecule is Cc1[nH]c2ccccc2c1CN(C)C(=O)CCO. The lowest BCUT2D eigenvalue weighted by Gasteiger charge is -2.17. The van der Waals surface area contributed by atoms with E-state index in [-0.39, 0.29) is 18.9 Å². The molecule has 0 unspecified atom stereocenters. The molecule has 0 fully saturated rings. The Bertz CT molecular complexity index is 560. The smallest absolute Gasteiger partial charge is 0.224 e. The van der Waals surface area contributed by atoms with Crippen LogP contribution in [0, 0.1) is 6.92 Å². The molecule has 2 N–H and O–H groups in total. The molecule has 1 aromatic carbocycles. The zero-order valence-electron chi connectivity index (χ0n) is 10.7. The van der Waals surface area contributed by atoms with Crippen LogP contribution in [0.25, 0.3) is 10.9 Å². The molecule has 0 saturated heterocycles. The van der Waals surface area contributed by atoms with Gasteiger partial charge in [0.15, 0.2) is 0 Å². The predicted molar refractivity (Wildman–Crippen MR) is 71.2 cm³/mol. The van der Waals surface area contributed by atoms with Gasteiger partial charge in [-0.15, -0.1) is 0 Å². The number of nitrogens with zero attached hydrogens (tertiary/aromatic N) is 1. The summed E-state index contributed by atoms with van der Waals surface area (Å²) in [6, 6.07) is 8.07. The molecule has 1 aromatic heterocycles. The fraction of sp³-hybridized carbons (Fsp3) is 0.357. The van der Waals surface area contributed by atoms with Crippen LogP contribution in [0.3, 0.4) is 0 Å². The van der Waals surface area contributed by atoms with Crippen LogP contribution < -0.4 is 0 Å². The summed E-state index contributed by atoms with van der Waals surface area (Å²) >= 11 is 0. The lowest BCUT2D eigenvalue weighted by atomic mass is 10.1. The van der Waals surface area contributed by atoms with Gasteiger partial charge in [0.1, 0.15) is 0 Å². The average molecular weight is 246 g/mol. The van der Waals surface area contributed by atoms with Crippen LogP contribution in [-0.2, 0) is 11.3 Å². The Balaban J connectivity index is 2.26. The summed E-state index contributed by atoms with van der Waals surface area (Å²) in [5.41, 5.74) is 3.31. The molecule has 0 aliphatic rings. The van der Waals surface area contributed by atoms with Crippen LogP contribution in [0.15, 0.2) is 24.3 Å². The van der Waals surface area contributed by atoms with Gasteiger partial charge < -0.3 is 15.0 Å². The van der Waals surface area contributed by atoms with E-state index in [1.807, 2.05) is 25.1 Å². The third-order valence-electron chi connectivity index (χ3n) is 3.17. The van der Waals surface area contributed by atoms with Crippen molar-refractivity contribution in [2.45, 2.75) is 19.9 Å². The maximum absolute atomic E-state index is 11.7. The number of hydrogen-bond donors (Lipinski definition) is 2. The fourth-order valence-electron chi connectivity index (χ4n) is 2.15. The highest BCUT2D eigenvalue weighted by Gasteiger charge is 2.13.